The van der Waals surface area contributed by atoms with E-state index in [0.29, 0.717) is 11.4 Å². The van der Waals surface area contributed by atoms with Gasteiger partial charge in [-0.25, -0.2) is 9.50 Å². The fourth-order valence-corrected chi connectivity index (χ4v) is 2.47. The highest BCUT2D eigenvalue weighted by Crippen LogP contribution is 2.23. The number of halogens is 3. The summed E-state index contributed by atoms with van der Waals surface area (Å²) in [4.78, 5) is 20.8. The maximum Gasteiger partial charge on any atom is 0.408 e. The van der Waals surface area contributed by atoms with Crippen molar-refractivity contribution in [2.75, 3.05) is 0 Å². The minimum Gasteiger partial charge on any atom is -0.340 e. The average Bonchev–Trinajstić information content (AvgIpc) is 2.98. The zero-order valence-electron chi connectivity index (χ0n) is 14.3. The number of aryl methyl sites for hydroxylation is 2. The third-order valence-corrected chi connectivity index (χ3v) is 3.90. The summed E-state index contributed by atoms with van der Waals surface area (Å²) in [5.41, 5.74) is 3.10. The number of alkyl halides is 3. The zero-order chi connectivity index (χ0) is 19.1. The van der Waals surface area contributed by atoms with Gasteiger partial charge in [0.2, 0.25) is 0 Å². The molecule has 3 aromatic rings. The van der Waals surface area contributed by atoms with Crippen molar-refractivity contribution in [3.63, 3.8) is 0 Å². The van der Waals surface area contributed by atoms with E-state index in [-0.39, 0.29) is 11.2 Å². The van der Waals surface area contributed by atoms with Gasteiger partial charge >= 0.3 is 6.18 Å². The Hall–Kier alpha value is -2.97. The SMILES string of the molecule is Cc1cncc(-c2cc(C)n3ncc(C(=O)NC(C)C(F)(F)F)c3n2)c1. The number of nitrogens with one attached hydrogen (secondary N) is 1. The normalized spacial score (nSPS) is 13.0. The molecule has 0 radical (unpaired) electrons. The molecule has 0 spiro atoms. The van der Waals surface area contributed by atoms with Gasteiger partial charge in [0.1, 0.15) is 11.6 Å². The zero-order valence-corrected chi connectivity index (χ0v) is 14.3. The minimum absolute atomic E-state index is 0.0216. The van der Waals surface area contributed by atoms with Gasteiger partial charge in [-0.05, 0) is 38.5 Å². The molecule has 0 bridgehead atoms. The van der Waals surface area contributed by atoms with Crippen LogP contribution in [0.25, 0.3) is 16.9 Å². The molecule has 3 aromatic heterocycles. The molecule has 0 aromatic carbocycles. The smallest absolute Gasteiger partial charge is 0.340 e. The van der Waals surface area contributed by atoms with E-state index in [1.165, 1.54) is 10.7 Å². The molecular formula is C17H16F3N5O. The third kappa shape index (κ3) is 3.37. The Kier molecular flexibility index (Phi) is 4.39. The molecule has 136 valence electrons. The van der Waals surface area contributed by atoms with Gasteiger partial charge in [-0.15, -0.1) is 0 Å². The van der Waals surface area contributed by atoms with Crippen molar-refractivity contribution < 1.29 is 18.0 Å². The molecule has 0 aliphatic rings. The van der Waals surface area contributed by atoms with E-state index in [0.717, 1.165) is 18.1 Å². The Balaban J connectivity index is 2.04. The summed E-state index contributed by atoms with van der Waals surface area (Å²) in [6.45, 7) is 4.54. The lowest BCUT2D eigenvalue weighted by Crippen LogP contribution is -2.43. The molecule has 26 heavy (non-hydrogen) atoms. The average molecular weight is 363 g/mol. The second-order valence-corrected chi connectivity index (χ2v) is 6.06. The number of fused-ring (bicyclic) bond motifs is 1. The van der Waals surface area contributed by atoms with E-state index in [1.807, 2.05) is 18.3 Å². The van der Waals surface area contributed by atoms with Crippen molar-refractivity contribution in [3.05, 3.63) is 47.5 Å². The number of carbonyl (C=O) groups is 1. The third-order valence-electron chi connectivity index (χ3n) is 3.90. The van der Waals surface area contributed by atoms with Crippen LogP contribution in [0.3, 0.4) is 0 Å². The van der Waals surface area contributed by atoms with Crippen LogP contribution in [0.4, 0.5) is 13.2 Å². The molecular weight excluding hydrogens is 347 g/mol. The molecule has 3 rings (SSSR count). The van der Waals surface area contributed by atoms with Crippen molar-refractivity contribution in [3.8, 4) is 11.3 Å². The van der Waals surface area contributed by atoms with Crippen LogP contribution in [-0.4, -0.2) is 37.7 Å². The molecule has 1 unspecified atom stereocenters. The summed E-state index contributed by atoms with van der Waals surface area (Å²) >= 11 is 0. The van der Waals surface area contributed by atoms with Crippen LogP contribution in [0.15, 0.2) is 30.7 Å². The van der Waals surface area contributed by atoms with Gasteiger partial charge in [0.05, 0.1) is 11.9 Å². The number of pyridine rings is 1. The molecule has 1 atom stereocenters. The fraction of sp³-hybridized carbons (Fsp3) is 0.294. The van der Waals surface area contributed by atoms with Crippen LogP contribution in [0.2, 0.25) is 0 Å². The van der Waals surface area contributed by atoms with E-state index < -0.39 is 18.1 Å². The fourth-order valence-electron chi connectivity index (χ4n) is 2.47. The lowest BCUT2D eigenvalue weighted by Gasteiger charge is -2.16. The van der Waals surface area contributed by atoms with E-state index >= 15 is 0 Å². The Morgan fingerprint density at radius 1 is 1.19 bits per heavy atom. The molecule has 0 fully saturated rings. The van der Waals surface area contributed by atoms with E-state index in [9.17, 15) is 18.0 Å². The van der Waals surface area contributed by atoms with Gasteiger partial charge < -0.3 is 5.32 Å². The van der Waals surface area contributed by atoms with Gasteiger partial charge in [0, 0.05) is 23.7 Å². The standard InChI is InChI=1S/C17H16F3N5O/c1-9-4-12(7-21-6-9)14-5-10(2)25-15(24-14)13(8-22-25)16(26)23-11(3)17(18,19)20/h4-8,11H,1-3H3,(H,23,26). The first-order chi connectivity index (χ1) is 12.2. The first-order valence-electron chi connectivity index (χ1n) is 7.82. The van der Waals surface area contributed by atoms with Crippen LogP contribution in [0.1, 0.15) is 28.5 Å². The lowest BCUT2D eigenvalue weighted by molar-refractivity contribution is -0.149. The molecule has 1 N–H and O–H groups in total. The number of aromatic nitrogens is 4. The minimum atomic E-state index is -4.53. The van der Waals surface area contributed by atoms with Crippen molar-refractivity contribution >= 4 is 11.6 Å². The van der Waals surface area contributed by atoms with Gasteiger partial charge in [-0.1, -0.05) is 0 Å². The Morgan fingerprint density at radius 2 is 1.92 bits per heavy atom. The summed E-state index contributed by atoms with van der Waals surface area (Å²) in [5.74, 6) is -0.878. The largest absolute Gasteiger partial charge is 0.408 e. The van der Waals surface area contributed by atoms with Crippen molar-refractivity contribution in [2.45, 2.75) is 33.0 Å². The lowest BCUT2D eigenvalue weighted by atomic mass is 10.1. The Bertz CT molecular complexity index is 980. The van der Waals surface area contributed by atoms with Crippen molar-refractivity contribution in [1.82, 2.24) is 24.9 Å². The second-order valence-electron chi connectivity index (χ2n) is 6.06. The molecule has 6 nitrogen and oxygen atoms in total. The molecule has 3 heterocycles. The second kappa shape index (κ2) is 6.40. The summed E-state index contributed by atoms with van der Waals surface area (Å²) in [6.07, 6.45) is 0.0185. The van der Waals surface area contributed by atoms with E-state index in [2.05, 4.69) is 15.1 Å². The van der Waals surface area contributed by atoms with Crippen LogP contribution in [0.5, 0.6) is 0 Å². The van der Waals surface area contributed by atoms with Gasteiger partial charge in [-0.3, -0.25) is 9.78 Å². The predicted molar refractivity (Wildman–Crippen MR) is 88.7 cm³/mol. The van der Waals surface area contributed by atoms with Gasteiger partial charge in [0.15, 0.2) is 5.65 Å². The number of rotatable bonds is 3. The molecule has 1 amide bonds. The highest BCUT2D eigenvalue weighted by molar-refractivity contribution is 6.00. The Labute approximate surface area is 147 Å². The maximum atomic E-state index is 12.7. The van der Waals surface area contributed by atoms with E-state index in [4.69, 9.17) is 0 Å². The number of carbonyl (C=O) groups excluding carboxylic acids is 1. The molecule has 9 heteroatoms. The highest BCUT2D eigenvalue weighted by Gasteiger charge is 2.37. The van der Waals surface area contributed by atoms with Crippen LogP contribution >= 0.6 is 0 Å². The molecule has 0 saturated heterocycles. The predicted octanol–water partition coefficient (Wildman–Crippen LogP) is 3.09. The number of amides is 1. The maximum absolute atomic E-state index is 12.7. The molecule has 0 aliphatic carbocycles. The molecule has 0 aliphatic heterocycles. The van der Waals surface area contributed by atoms with Gasteiger partial charge in [0.25, 0.3) is 5.91 Å². The monoisotopic (exact) mass is 363 g/mol. The summed E-state index contributed by atoms with van der Waals surface area (Å²) < 4.78 is 39.5. The first kappa shape index (κ1) is 17.8. The van der Waals surface area contributed by atoms with Crippen molar-refractivity contribution in [2.24, 2.45) is 0 Å². The summed E-state index contributed by atoms with van der Waals surface area (Å²) in [6, 6.07) is 1.68. The first-order valence-corrected chi connectivity index (χ1v) is 7.82. The van der Waals surface area contributed by atoms with Gasteiger partial charge in [-0.2, -0.15) is 18.3 Å². The van der Waals surface area contributed by atoms with Crippen LogP contribution in [0, 0.1) is 13.8 Å². The number of nitrogens with zero attached hydrogens (tertiary/aromatic N) is 4. The van der Waals surface area contributed by atoms with Crippen LogP contribution < -0.4 is 5.32 Å². The Morgan fingerprint density at radius 3 is 2.58 bits per heavy atom. The van der Waals surface area contributed by atoms with Crippen molar-refractivity contribution in [1.29, 1.82) is 0 Å². The number of hydrogen-bond donors (Lipinski definition) is 1. The highest BCUT2D eigenvalue weighted by atomic mass is 19.4. The van der Waals surface area contributed by atoms with Crippen LogP contribution in [-0.2, 0) is 0 Å². The molecule has 0 saturated carbocycles. The van der Waals surface area contributed by atoms with E-state index in [1.54, 1.807) is 25.4 Å². The quantitative estimate of drug-likeness (QED) is 0.776. The summed E-state index contributed by atoms with van der Waals surface area (Å²) in [7, 11) is 0. The number of hydrogen-bond acceptors (Lipinski definition) is 4. The summed E-state index contributed by atoms with van der Waals surface area (Å²) in [5, 5.41) is 5.99. The topological polar surface area (TPSA) is 72.2 Å².